The second kappa shape index (κ2) is 8.43. The molecule has 9 heteroatoms. The molecule has 0 fully saturated rings. The van der Waals surface area contributed by atoms with Gasteiger partial charge in [0.05, 0.1) is 5.02 Å². The summed E-state index contributed by atoms with van der Waals surface area (Å²) in [6.07, 6.45) is 0. The van der Waals surface area contributed by atoms with E-state index in [9.17, 15) is 8.42 Å². The maximum Gasteiger partial charge on any atom is 0.263 e. The molecule has 0 bridgehead atoms. The van der Waals surface area contributed by atoms with Gasteiger partial charge in [0.25, 0.3) is 10.0 Å². The second-order valence-electron chi connectivity index (χ2n) is 6.31. The predicted molar refractivity (Wildman–Crippen MR) is 122 cm³/mol. The summed E-state index contributed by atoms with van der Waals surface area (Å²) in [5.41, 5.74) is 2.68. The van der Waals surface area contributed by atoms with E-state index in [0.29, 0.717) is 17.1 Å². The third-order valence-electron chi connectivity index (χ3n) is 4.27. The zero-order chi connectivity index (χ0) is 21.3. The highest BCUT2D eigenvalue weighted by atomic mass is 79.9. The smallest absolute Gasteiger partial charge is 0.263 e. The van der Waals surface area contributed by atoms with Gasteiger partial charge in [-0.25, -0.2) is 8.42 Å². The molecule has 1 heterocycles. The molecule has 3 aromatic carbocycles. The number of rotatable bonds is 5. The molecule has 4 aromatic rings. The van der Waals surface area contributed by atoms with Gasteiger partial charge in [0.15, 0.2) is 5.76 Å². The first-order valence-corrected chi connectivity index (χ1v) is 11.7. The normalized spacial score (nSPS) is 11.4. The molecule has 0 aliphatic heterocycles. The van der Waals surface area contributed by atoms with Crippen LogP contribution in [-0.2, 0) is 10.0 Å². The number of hydrogen-bond acceptors (Lipinski definition) is 4. The largest absolute Gasteiger partial charge is 0.356 e. The van der Waals surface area contributed by atoms with Crippen molar-refractivity contribution in [2.75, 3.05) is 4.72 Å². The van der Waals surface area contributed by atoms with Gasteiger partial charge in [0, 0.05) is 32.4 Å². The van der Waals surface area contributed by atoms with Gasteiger partial charge in [-0.3, -0.25) is 4.72 Å². The topological polar surface area (TPSA) is 72.2 Å². The van der Waals surface area contributed by atoms with Gasteiger partial charge < -0.3 is 4.52 Å². The van der Waals surface area contributed by atoms with Crippen molar-refractivity contribution < 1.29 is 12.9 Å². The van der Waals surface area contributed by atoms with Gasteiger partial charge in [-0.2, -0.15) is 0 Å². The first kappa shape index (κ1) is 20.9. The van der Waals surface area contributed by atoms with Gasteiger partial charge in [0.1, 0.15) is 10.6 Å². The zero-order valence-electron chi connectivity index (χ0n) is 15.1. The van der Waals surface area contributed by atoms with Crippen LogP contribution in [0.4, 0.5) is 5.69 Å². The van der Waals surface area contributed by atoms with Crippen molar-refractivity contribution in [2.24, 2.45) is 0 Å². The monoisotopic (exact) mass is 522 g/mol. The van der Waals surface area contributed by atoms with E-state index in [1.807, 2.05) is 30.3 Å². The Morgan fingerprint density at radius 2 is 1.67 bits per heavy atom. The van der Waals surface area contributed by atoms with Crippen LogP contribution in [0.3, 0.4) is 0 Å². The Morgan fingerprint density at radius 1 is 0.933 bits per heavy atom. The summed E-state index contributed by atoms with van der Waals surface area (Å²) in [5, 5.41) is 4.48. The van der Waals surface area contributed by atoms with Crippen molar-refractivity contribution in [3.8, 4) is 22.6 Å². The van der Waals surface area contributed by atoms with Crippen LogP contribution in [0.2, 0.25) is 10.0 Å². The van der Waals surface area contributed by atoms with Gasteiger partial charge in [-0.05, 0) is 42.5 Å². The van der Waals surface area contributed by atoms with Gasteiger partial charge in [-0.15, -0.1) is 0 Å². The summed E-state index contributed by atoms with van der Waals surface area (Å²) in [6, 6.07) is 20.5. The first-order chi connectivity index (χ1) is 14.3. The summed E-state index contributed by atoms with van der Waals surface area (Å²) in [6.45, 7) is 0. The van der Waals surface area contributed by atoms with Gasteiger partial charge in [0.2, 0.25) is 0 Å². The van der Waals surface area contributed by atoms with Crippen molar-refractivity contribution >= 4 is 54.8 Å². The van der Waals surface area contributed by atoms with Crippen LogP contribution in [-0.4, -0.2) is 13.6 Å². The van der Waals surface area contributed by atoms with E-state index in [1.54, 1.807) is 24.3 Å². The quantitative estimate of drug-likeness (QED) is 0.309. The molecule has 1 N–H and O–H groups in total. The Bertz CT molecular complexity index is 1320. The van der Waals surface area contributed by atoms with Crippen molar-refractivity contribution in [1.29, 1.82) is 0 Å². The fourth-order valence-corrected chi connectivity index (χ4v) is 5.10. The maximum absolute atomic E-state index is 12.6. The molecule has 30 heavy (non-hydrogen) atoms. The number of benzene rings is 3. The number of hydrogen-bond donors (Lipinski definition) is 1. The lowest BCUT2D eigenvalue weighted by Crippen LogP contribution is -2.13. The van der Waals surface area contributed by atoms with Crippen LogP contribution >= 0.6 is 39.1 Å². The summed E-state index contributed by atoms with van der Waals surface area (Å²) in [7, 11) is -3.89. The molecule has 0 atom stereocenters. The average molecular weight is 524 g/mol. The minimum absolute atomic E-state index is 0.0877. The predicted octanol–water partition coefficient (Wildman–Crippen LogP) is 6.88. The molecule has 1 aromatic heterocycles. The molecule has 0 amide bonds. The second-order valence-corrected chi connectivity index (χ2v) is 9.66. The summed E-state index contributed by atoms with van der Waals surface area (Å²) in [5.74, 6) is 0.623. The van der Waals surface area contributed by atoms with E-state index >= 15 is 0 Å². The molecular weight excluding hydrogens is 511 g/mol. The highest BCUT2D eigenvalue weighted by Crippen LogP contribution is 2.32. The third kappa shape index (κ3) is 4.39. The average Bonchev–Trinajstić information content (AvgIpc) is 3.20. The lowest BCUT2D eigenvalue weighted by molar-refractivity contribution is 0.435. The van der Waals surface area contributed by atoms with Crippen molar-refractivity contribution in [1.82, 2.24) is 5.16 Å². The molecule has 0 unspecified atom stereocenters. The van der Waals surface area contributed by atoms with Crippen molar-refractivity contribution in [3.63, 3.8) is 0 Å². The van der Waals surface area contributed by atoms with Crippen LogP contribution < -0.4 is 4.72 Å². The van der Waals surface area contributed by atoms with E-state index in [1.165, 1.54) is 18.2 Å². The fourth-order valence-electron chi connectivity index (χ4n) is 2.80. The molecule has 152 valence electrons. The third-order valence-corrected chi connectivity index (χ3v) is 7.05. The van der Waals surface area contributed by atoms with Gasteiger partial charge >= 0.3 is 0 Å². The Labute approximate surface area is 191 Å². The number of aromatic nitrogens is 1. The molecule has 0 saturated heterocycles. The molecule has 0 aliphatic carbocycles. The molecule has 0 aliphatic rings. The summed E-state index contributed by atoms with van der Waals surface area (Å²) in [4.78, 5) is -0.0877. The highest BCUT2D eigenvalue weighted by molar-refractivity contribution is 9.10. The molecule has 0 saturated carbocycles. The molecule has 0 spiro atoms. The maximum atomic E-state index is 12.6. The lowest BCUT2D eigenvalue weighted by atomic mass is 10.1. The fraction of sp³-hybridized carbons (Fsp3) is 0. The Balaban J connectivity index is 1.57. The zero-order valence-corrected chi connectivity index (χ0v) is 19.1. The summed E-state index contributed by atoms with van der Waals surface area (Å²) >= 11 is 15.4. The van der Waals surface area contributed by atoms with E-state index < -0.39 is 10.0 Å². The number of anilines is 1. The van der Waals surface area contributed by atoms with E-state index in [0.717, 1.165) is 15.6 Å². The Hall–Kier alpha value is -2.32. The number of halogens is 3. The van der Waals surface area contributed by atoms with Crippen molar-refractivity contribution in [2.45, 2.75) is 4.90 Å². The van der Waals surface area contributed by atoms with E-state index in [-0.39, 0.29) is 14.9 Å². The standard InChI is InChI=1S/C21H13BrCl2N2O3S/c22-17-4-2-1-3-16(17)20-12-19(25-29-20)13-5-8-15(9-6-13)26-30(27,28)21-11-14(23)7-10-18(21)24/h1-12,26H. The van der Waals surface area contributed by atoms with Crippen LogP contribution in [0.1, 0.15) is 0 Å². The Kier molecular flexibility index (Phi) is 5.88. The molecular formula is C21H13BrCl2N2O3S. The van der Waals surface area contributed by atoms with E-state index in [2.05, 4.69) is 25.8 Å². The number of sulfonamides is 1. The molecule has 5 nitrogen and oxygen atoms in total. The van der Waals surface area contributed by atoms with Crippen LogP contribution in [0.25, 0.3) is 22.6 Å². The molecule has 4 rings (SSSR count). The SMILES string of the molecule is O=S(=O)(Nc1ccc(-c2cc(-c3ccccc3Br)on2)cc1)c1cc(Cl)ccc1Cl. The highest BCUT2D eigenvalue weighted by Gasteiger charge is 2.19. The number of nitrogens with one attached hydrogen (secondary N) is 1. The van der Waals surface area contributed by atoms with E-state index in [4.69, 9.17) is 27.7 Å². The Morgan fingerprint density at radius 3 is 2.40 bits per heavy atom. The molecule has 0 radical (unpaired) electrons. The van der Waals surface area contributed by atoms with Crippen LogP contribution in [0.5, 0.6) is 0 Å². The lowest BCUT2D eigenvalue weighted by Gasteiger charge is -2.10. The van der Waals surface area contributed by atoms with Crippen LogP contribution in [0, 0.1) is 0 Å². The first-order valence-electron chi connectivity index (χ1n) is 8.63. The van der Waals surface area contributed by atoms with Crippen molar-refractivity contribution in [3.05, 3.63) is 87.3 Å². The summed E-state index contributed by atoms with van der Waals surface area (Å²) < 4.78 is 34.1. The number of nitrogens with zero attached hydrogens (tertiary/aromatic N) is 1. The van der Waals surface area contributed by atoms with Crippen LogP contribution in [0.15, 0.2) is 86.7 Å². The minimum atomic E-state index is -3.89. The van der Waals surface area contributed by atoms with Gasteiger partial charge in [-0.1, -0.05) is 68.6 Å². The minimum Gasteiger partial charge on any atom is -0.356 e.